The number of fused-ring (bicyclic) bond motifs is 1. The Kier molecular flexibility index (Phi) is 5.68. The van der Waals surface area contributed by atoms with Crippen LogP contribution in [0.2, 0.25) is 0 Å². The van der Waals surface area contributed by atoms with Gasteiger partial charge in [0.25, 0.3) is 0 Å². The van der Waals surface area contributed by atoms with Gasteiger partial charge in [0.15, 0.2) is 0 Å². The molecule has 5 rings (SSSR count). The first kappa shape index (κ1) is 21.3. The average molecular weight is 454 g/mol. The summed E-state index contributed by atoms with van der Waals surface area (Å²) in [5.41, 5.74) is 1.03. The molecule has 0 spiro atoms. The van der Waals surface area contributed by atoms with E-state index in [2.05, 4.69) is 9.97 Å². The third-order valence-corrected chi connectivity index (χ3v) is 5.58. The molecule has 1 fully saturated rings. The van der Waals surface area contributed by atoms with E-state index < -0.39 is 11.7 Å². The smallest absolute Gasteiger partial charge is 0.419 e. The second kappa shape index (κ2) is 8.78. The van der Waals surface area contributed by atoms with Gasteiger partial charge in [0.1, 0.15) is 29.0 Å². The van der Waals surface area contributed by atoms with Gasteiger partial charge in [-0.2, -0.15) is 13.2 Å². The fourth-order valence-corrected chi connectivity index (χ4v) is 3.87. The van der Waals surface area contributed by atoms with Crippen molar-refractivity contribution < 1.29 is 27.4 Å². The van der Waals surface area contributed by atoms with Crippen LogP contribution in [0.3, 0.4) is 0 Å². The minimum absolute atomic E-state index is 0.147. The van der Waals surface area contributed by atoms with E-state index in [1.54, 1.807) is 48.8 Å². The molecule has 0 saturated carbocycles. The number of H-pyrrole nitrogens is 1. The van der Waals surface area contributed by atoms with Crippen LogP contribution >= 0.6 is 0 Å². The van der Waals surface area contributed by atoms with Crippen molar-refractivity contribution in [1.82, 2.24) is 9.97 Å². The summed E-state index contributed by atoms with van der Waals surface area (Å²) in [6, 6.07) is 14.7. The van der Waals surface area contributed by atoms with E-state index in [9.17, 15) is 13.2 Å². The largest absolute Gasteiger partial charge is 0.490 e. The van der Waals surface area contributed by atoms with E-state index in [0.29, 0.717) is 54.3 Å². The lowest BCUT2D eigenvalue weighted by Crippen LogP contribution is -2.26. The highest BCUT2D eigenvalue weighted by Gasteiger charge is 2.35. The van der Waals surface area contributed by atoms with Crippen LogP contribution in [0.5, 0.6) is 17.2 Å². The van der Waals surface area contributed by atoms with Gasteiger partial charge in [-0.15, -0.1) is 0 Å². The topological polar surface area (TPSA) is 56.4 Å². The van der Waals surface area contributed by atoms with Crippen molar-refractivity contribution in [3.63, 3.8) is 0 Å². The van der Waals surface area contributed by atoms with Crippen LogP contribution in [0.25, 0.3) is 22.2 Å². The van der Waals surface area contributed by atoms with Crippen molar-refractivity contribution in [1.29, 1.82) is 0 Å². The fraction of sp³-hybridized carbons (Fsp3) is 0.240. The van der Waals surface area contributed by atoms with Gasteiger partial charge in [-0.3, -0.25) is 0 Å². The lowest BCUT2D eigenvalue weighted by molar-refractivity contribution is -0.139. The maximum atomic E-state index is 13.8. The third kappa shape index (κ3) is 4.66. The van der Waals surface area contributed by atoms with Crippen molar-refractivity contribution in [3.05, 3.63) is 72.6 Å². The zero-order valence-electron chi connectivity index (χ0n) is 17.6. The minimum atomic E-state index is -4.52. The summed E-state index contributed by atoms with van der Waals surface area (Å²) in [6.45, 7) is 0.987. The second-order valence-electron chi connectivity index (χ2n) is 7.81. The van der Waals surface area contributed by atoms with E-state index >= 15 is 0 Å². The molecule has 33 heavy (non-hydrogen) atoms. The van der Waals surface area contributed by atoms with Gasteiger partial charge in [0.2, 0.25) is 0 Å². The van der Waals surface area contributed by atoms with Crippen LogP contribution in [0, 0.1) is 0 Å². The predicted molar refractivity (Wildman–Crippen MR) is 118 cm³/mol. The van der Waals surface area contributed by atoms with Crippen molar-refractivity contribution in [2.24, 2.45) is 0 Å². The number of aromatic amines is 1. The Balaban J connectivity index is 1.38. The monoisotopic (exact) mass is 454 g/mol. The Hall–Kier alpha value is -3.52. The molecule has 3 heterocycles. The zero-order chi connectivity index (χ0) is 22.8. The first-order valence-corrected chi connectivity index (χ1v) is 10.6. The fourth-order valence-electron chi connectivity index (χ4n) is 3.87. The number of pyridine rings is 1. The number of halogens is 3. The number of nitrogens with zero attached hydrogens (tertiary/aromatic N) is 1. The maximum Gasteiger partial charge on any atom is 0.419 e. The molecule has 0 amide bonds. The number of hydrogen-bond acceptors (Lipinski definition) is 4. The van der Waals surface area contributed by atoms with Crippen LogP contribution < -0.4 is 9.47 Å². The normalized spacial score (nSPS) is 15.0. The number of rotatable bonds is 5. The molecule has 0 unspecified atom stereocenters. The Morgan fingerprint density at radius 2 is 1.67 bits per heavy atom. The molecule has 1 aliphatic rings. The molecule has 4 aromatic rings. The van der Waals surface area contributed by atoms with E-state index in [1.807, 2.05) is 6.07 Å². The number of alkyl halides is 3. The first-order valence-electron chi connectivity index (χ1n) is 10.6. The van der Waals surface area contributed by atoms with Gasteiger partial charge in [-0.05, 0) is 47.5 Å². The van der Waals surface area contributed by atoms with Gasteiger partial charge in [0.05, 0.1) is 24.2 Å². The van der Waals surface area contributed by atoms with Gasteiger partial charge >= 0.3 is 6.18 Å². The molecule has 1 N–H and O–H groups in total. The van der Waals surface area contributed by atoms with Crippen molar-refractivity contribution >= 4 is 11.0 Å². The second-order valence-corrected chi connectivity index (χ2v) is 7.81. The summed E-state index contributed by atoms with van der Waals surface area (Å²) in [6.07, 6.45) is -0.225. The van der Waals surface area contributed by atoms with Crippen LogP contribution in [0.15, 0.2) is 67.0 Å². The van der Waals surface area contributed by atoms with Crippen LogP contribution in [-0.4, -0.2) is 29.3 Å². The molecule has 0 radical (unpaired) electrons. The van der Waals surface area contributed by atoms with Crippen molar-refractivity contribution in [3.8, 4) is 28.4 Å². The standard InChI is InChI=1S/C25H21F3N2O3/c26-25(27,28)21-15-17(3-6-23(21)33-19-9-13-31-14-10-19)16-1-4-18(5-2-16)32-22-8-12-30-24-20(22)7-11-29-24/h1-8,11-12,15,19H,9-10,13-14H2,(H,29,30). The summed E-state index contributed by atoms with van der Waals surface area (Å²) in [5, 5.41) is 0.844. The summed E-state index contributed by atoms with van der Waals surface area (Å²) in [4.78, 5) is 7.25. The summed E-state index contributed by atoms with van der Waals surface area (Å²) in [5.74, 6) is 1.07. The summed E-state index contributed by atoms with van der Waals surface area (Å²) in [7, 11) is 0. The van der Waals surface area contributed by atoms with E-state index in [4.69, 9.17) is 14.2 Å². The van der Waals surface area contributed by atoms with Gasteiger partial charge in [-0.25, -0.2) is 4.98 Å². The minimum Gasteiger partial charge on any atom is -0.490 e. The summed E-state index contributed by atoms with van der Waals surface area (Å²) >= 11 is 0. The number of aromatic nitrogens is 2. The van der Waals surface area contributed by atoms with E-state index in [-0.39, 0.29) is 11.9 Å². The molecule has 5 nitrogen and oxygen atoms in total. The number of ether oxygens (including phenoxy) is 3. The summed E-state index contributed by atoms with van der Waals surface area (Å²) < 4.78 is 58.2. The molecule has 170 valence electrons. The van der Waals surface area contributed by atoms with E-state index in [0.717, 1.165) is 11.5 Å². The van der Waals surface area contributed by atoms with Gasteiger partial charge in [-0.1, -0.05) is 18.2 Å². The molecular weight excluding hydrogens is 433 g/mol. The molecule has 1 saturated heterocycles. The zero-order valence-corrected chi connectivity index (χ0v) is 17.6. The Morgan fingerprint density at radius 3 is 2.42 bits per heavy atom. The van der Waals surface area contributed by atoms with Crippen molar-refractivity contribution in [2.45, 2.75) is 25.1 Å². The quantitative estimate of drug-likeness (QED) is 0.369. The molecule has 8 heteroatoms. The number of hydrogen-bond donors (Lipinski definition) is 1. The molecular formula is C25H21F3N2O3. The van der Waals surface area contributed by atoms with Crippen LogP contribution in [0.1, 0.15) is 18.4 Å². The molecule has 2 aromatic carbocycles. The average Bonchev–Trinajstić information content (AvgIpc) is 3.30. The third-order valence-electron chi connectivity index (χ3n) is 5.58. The van der Waals surface area contributed by atoms with Crippen molar-refractivity contribution in [2.75, 3.05) is 13.2 Å². The lowest BCUT2D eigenvalue weighted by Gasteiger charge is -2.25. The predicted octanol–water partition coefficient (Wildman–Crippen LogP) is 6.60. The Morgan fingerprint density at radius 1 is 0.909 bits per heavy atom. The highest BCUT2D eigenvalue weighted by atomic mass is 19.4. The molecule has 2 aromatic heterocycles. The Labute approximate surface area is 188 Å². The van der Waals surface area contributed by atoms with Gasteiger partial charge in [0, 0.05) is 25.2 Å². The SMILES string of the molecule is FC(F)(F)c1cc(-c2ccc(Oc3ccnc4[nH]ccc34)cc2)ccc1OC1CCOCC1. The van der Waals surface area contributed by atoms with E-state index in [1.165, 1.54) is 6.07 Å². The first-order chi connectivity index (χ1) is 16.0. The molecule has 0 atom stereocenters. The van der Waals surface area contributed by atoms with Crippen LogP contribution in [0.4, 0.5) is 13.2 Å². The highest BCUT2D eigenvalue weighted by Crippen LogP contribution is 2.40. The highest BCUT2D eigenvalue weighted by molar-refractivity contribution is 5.82. The molecule has 0 aliphatic carbocycles. The number of nitrogens with one attached hydrogen (secondary N) is 1. The lowest BCUT2D eigenvalue weighted by atomic mass is 10.0. The maximum absolute atomic E-state index is 13.8. The van der Waals surface area contributed by atoms with Gasteiger partial charge < -0.3 is 19.2 Å². The molecule has 1 aliphatic heterocycles. The number of benzene rings is 2. The Bertz CT molecular complexity index is 1250. The van der Waals surface area contributed by atoms with Crippen LogP contribution in [-0.2, 0) is 10.9 Å². The molecule has 0 bridgehead atoms.